The summed E-state index contributed by atoms with van der Waals surface area (Å²) in [7, 11) is 1.23. The van der Waals surface area contributed by atoms with E-state index in [9.17, 15) is 25.5 Å². The van der Waals surface area contributed by atoms with Gasteiger partial charge in [0.2, 0.25) is 5.79 Å². The number of hydrogen-bond donors (Lipinski definition) is 4. The molecule has 0 radical (unpaired) electrons. The average molecular weight is 448 g/mol. The Morgan fingerprint density at radius 3 is 2.19 bits per heavy atom. The van der Waals surface area contributed by atoms with Gasteiger partial charge in [0.25, 0.3) is 0 Å². The Morgan fingerprint density at radius 1 is 0.938 bits per heavy atom. The summed E-state index contributed by atoms with van der Waals surface area (Å²) in [6.07, 6.45) is -5.65. The van der Waals surface area contributed by atoms with Crippen LogP contribution in [0.4, 0.5) is 0 Å². The Morgan fingerprint density at radius 2 is 1.59 bits per heavy atom. The summed E-state index contributed by atoms with van der Waals surface area (Å²) >= 11 is 0. The van der Waals surface area contributed by atoms with Crippen LogP contribution in [0, 0.1) is 0 Å². The van der Waals surface area contributed by atoms with Crippen LogP contribution in [-0.4, -0.2) is 58.6 Å². The van der Waals surface area contributed by atoms with E-state index < -0.39 is 42.6 Å². The van der Waals surface area contributed by atoms with Crippen molar-refractivity contribution in [3.8, 4) is 16.9 Å². The summed E-state index contributed by atoms with van der Waals surface area (Å²) in [6, 6.07) is 18.7. The summed E-state index contributed by atoms with van der Waals surface area (Å²) in [4.78, 5) is 0. The normalized spacial score (nSPS) is 27.8. The van der Waals surface area contributed by atoms with E-state index in [0.717, 1.165) is 22.3 Å². The van der Waals surface area contributed by atoms with Crippen molar-refractivity contribution in [3.05, 3.63) is 77.4 Å². The van der Waals surface area contributed by atoms with E-state index in [4.69, 9.17) is 9.47 Å². The molecular formula is C24H25NaO7. The second-order valence-corrected chi connectivity index (χ2v) is 7.83. The molecule has 0 saturated carbocycles. The van der Waals surface area contributed by atoms with Gasteiger partial charge in [-0.05, 0) is 28.7 Å². The van der Waals surface area contributed by atoms with Crippen molar-refractivity contribution in [3.63, 3.8) is 0 Å². The predicted molar refractivity (Wildman–Crippen MR) is 110 cm³/mol. The SMILES string of the molecule is CO[C@@]1(c2cc(Cc3cc4cccccc-4c3)ccc2[O-])O[C@H](CO)[C@@H](O)[C@H](O)[C@H]1O.[Na+]. The van der Waals surface area contributed by atoms with Crippen LogP contribution in [-0.2, 0) is 21.7 Å². The summed E-state index contributed by atoms with van der Waals surface area (Å²) in [5, 5.41) is 53.3. The molecule has 0 unspecified atom stereocenters. The monoisotopic (exact) mass is 448 g/mol. The van der Waals surface area contributed by atoms with E-state index in [1.54, 1.807) is 12.1 Å². The molecule has 0 spiro atoms. The van der Waals surface area contributed by atoms with E-state index in [0.29, 0.717) is 6.42 Å². The van der Waals surface area contributed by atoms with Crippen LogP contribution in [0.15, 0.2) is 60.7 Å². The van der Waals surface area contributed by atoms with Crippen LogP contribution in [0.25, 0.3) is 11.1 Å². The van der Waals surface area contributed by atoms with Gasteiger partial charge in [-0.3, -0.25) is 0 Å². The molecule has 0 aromatic heterocycles. The number of fused-ring (bicyclic) bond motifs is 1. The molecule has 5 atom stereocenters. The summed E-state index contributed by atoms with van der Waals surface area (Å²) in [6.45, 7) is -0.624. The van der Waals surface area contributed by atoms with Crippen molar-refractivity contribution < 1.29 is 64.6 Å². The number of benzene rings is 1. The molecule has 1 heterocycles. The first-order chi connectivity index (χ1) is 14.9. The molecule has 32 heavy (non-hydrogen) atoms. The van der Waals surface area contributed by atoms with Gasteiger partial charge in [0, 0.05) is 12.7 Å². The molecule has 3 aliphatic rings. The fourth-order valence-electron chi connectivity index (χ4n) is 4.22. The minimum absolute atomic E-state index is 0. The third kappa shape index (κ3) is 4.46. The number of aliphatic hydroxyl groups is 4. The second-order valence-electron chi connectivity index (χ2n) is 7.83. The van der Waals surface area contributed by atoms with E-state index in [-0.39, 0.29) is 35.1 Å². The van der Waals surface area contributed by atoms with Crippen LogP contribution in [0.3, 0.4) is 0 Å². The van der Waals surface area contributed by atoms with Crippen molar-refractivity contribution in [2.75, 3.05) is 13.7 Å². The smallest absolute Gasteiger partial charge is 0.872 e. The van der Waals surface area contributed by atoms with Crippen molar-refractivity contribution >= 4 is 0 Å². The number of methoxy groups -OCH3 is 1. The van der Waals surface area contributed by atoms with Gasteiger partial charge in [-0.15, -0.1) is 5.75 Å². The number of rotatable bonds is 5. The Balaban J connectivity index is 0.00000289. The fourth-order valence-corrected chi connectivity index (χ4v) is 4.22. The predicted octanol–water partition coefficient (Wildman–Crippen LogP) is -2.27. The Bertz CT molecular complexity index is 996. The van der Waals surface area contributed by atoms with Gasteiger partial charge in [0.15, 0.2) is 0 Å². The fraction of sp³-hybridized carbons (Fsp3) is 0.333. The maximum atomic E-state index is 12.7. The van der Waals surface area contributed by atoms with E-state index >= 15 is 0 Å². The molecular weight excluding hydrogens is 423 g/mol. The molecule has 1 aliphatic heterocycles. The van der Waals surface area contributed by atoms with Crippen molar-refractivity contribution in [2.24, 2.45) is 0 Å². The molecule has 0 bridgehead atoms. The standard InChI is InChI=1S/C24H26O7.Na/c1-30-24(23(29)22(28)21(27)20(13-25)31-24)18-12-14(7-8-19(18)26)9-15-10-16-5-3-2-4-6-17(16)11-15;/h2-8,10-12,20-23,25-29H,9,13H2,1H3;/q;+1/p-1/t20-,21-,22+,23-,24+;/m1./s1. The second kappa shape index (κ2) is 10.2. The Hall–Kier alpha value is -1.52. The molecule has 1 aromatic rings. The number of aliphatic hydroxyl groups excluding tert-OH is 4. The van der Waals surface area contributed by atoms with Gasteiger partial charge in [-0.25, -0.2) is 0 Å². The number of hydrogen-bond acceptors (Lipinski definition) is 7. The third-order valence-electron chi connectivity index (χ3n) is 5.87. The van der Waals surface area contributed by atoms with E-state index in [1.165, 1.54) is 13.2 Å². The molecule has 2 aliphatic carbocycles. The largest absolute Gasteiger partial charge is 1.00 e. The van der Waals surface area contributed by atoms with E-state index in [1.807, 2.05) is 30.3 Å². The zero-order chi connectivity index (χ0) is 22.2. The van der Waals surface area contributed by atoms with Gasteiger partial charge >= 0.3 is 29.6 Å². The van der Waals surface area contributed by atoms with Gasteiger partial charge in [-0.2, -0.15) is 0 Å². The first-order valence-corrected chi connectivity index (χ1v) is 10.1. The summed E-state index contributed by atoms with van der Waals surface area (Å²) < 4.78 is 11.1. The molecule has 1 aromatic carbocycles. The van der Waals surface area contributed by atoms with Crippen molar-refractivity contribution in [1.29, 1.82) is 0 Å². The molecule has 4 N–H and O–H groups in total. The molecule has 1 saturated heterocycles. The Kier molecular flexibility index (Phi) is 7.98. The minimum atomic E-state index is -2.02. The van der Waals surface area contributed by atoms with E-state index in [2.05, 4.69) is 12.1 Å². The quantitative estimate of drug-likeness (QED) is 0.325. The first kappa shape index (κ1) is 25.1. The van der Waals surface area contributed by atoms with Gasteiger partial charge < -0.3 is 35.0 Å². The van der Waals surface area contributed by atoms with Crippen LogP contribution >= 0.6 is 0 Å². The molecule has 8 heteroatoms. The molecule has 4 rings (SSSR count). The maximum Gasteiger partial charge on any atom is 1.00 e. The number of ether oxygens (including phenoxy) is 2. The zero-order valence-corrected chi connectivity index (χ0v) is 20.0. The zero-order valence-electron chi connectivity index (χ0n) is 18.0. The minimum Gasteiger partial charge on any atom is -0.872 e. The average Bonchev–Trinajstić information content (AvgIpc) is 3.02. The summed E-state index contributed by atoms with van der Waals surface area (Å²) in [5.41, 5.74) is 4.02. The molecule has 164 valence electrons. The van der Waals surface area contributed by atoms with Crippen molar-refractivity contribution in [2.45, 2.75) is 36.6 Å². The van der Waals surface area contributed by atoms with Gasteiger partial charge in [-0.1, -0.05) is 60.7 Å². The van der Waals surface area contributed by atoms with Gasteiger partial charge in [0.1, 0.15) is 24.4 Å². The van der Waals surface area contributed by atoms with Crippen LogP contribution in [0.2, 0.25) is 0 Å². The first-order valence-electron chi connectivity index (χ1n) is 10.1. The topological polar surface area (TPSA) is 122 Å². The Labute approximate surface area is 208 Å². The summed E-state index contributed by atoms with van der Waals surface area (Å²) in [5.74, 6) is -2.48. The molecule has 0 amide bonds. The van der Waals surface area contributed by atoms with Crippen LogP contribution < -0.4 is 34.7 Å². The molecule has 1 fully saturated rings. The van der Waals surface area contributed by atoms with Gasteiger partial charge in [0.05, 0.1) is 6.61 Å². The van der Waals surface area contributed by atoms with Crippen LogP contribution in [0.5, 0.6) is 5.75 Å². The molecule has 7 nitrogen and oxygen atoms in total. The maximum absolute atomic E-state index is 12.7. The van der Waals surface area contributed by atoms with Crippen molar-refractivity contribution in [1.82, 2.24) is 0 Å². The van der Waals surface area contributed by atoms with Crippen LogP contribution in [0.1, 0.15) is 16.7 Å². The third-order valence-corrected chi connectivity index (χ3v) is 5.87.